The predicted molar refractivity (Wildman–Crippen MR) is 105 cm³/mol. The summed E-state index contributed by atoms with van der Waals surface area (Å²) < 4.78 is 0.140. The second-order valence-electron chi connectivity index (χ2n) is 5.48. The van der Waals surface area contributed by atoms with E-state index in [0.29, 0.717) is 5.56 Å². The third kappa shape index (κ3) is 5.89. The molecule has 0 aromatic heterocycles. The first-order valence-corrected chi connectivity index (χ1v) is 9.99. The quantitative estimate of drug-likeness (QED) is 0.316. The van der Waals surface area contributed by atoms with Gasteiger partial charge in [0.25, 0.3) is 11.6 Å². The molecule has 2 rings (SSSR count). The molecule has 0 unspecified atom stereocenters. The smallest absolute Gasteiger partial charge is 0.267 e. The molecule has 1 N–H and O–H groups in total. The zero-order chi connectivity index (χ0) is 18.1. The van der Waals surface area contributed by atoms with Crippen LogP contribution in [-0.2, 0) is 0 Å². The Morgan fingerprint density at radius 3 is 2.64 bits per heavy atom. The van der Waals surface area contributed by atoms with Gasteiger partial charge in [0, 0.05) is 41.8 Å². The average molecular weight is 380 g/mol. The molecule has 1 fully saturated rings. The maximum atomic E-state index is 12.0. The molecule has 0 spiro atoms. The minimum absolute atomic E-state index is 0.0431. The Hall–Kier alpha value is -1.80. The number of non-ortho nitro benzene ring substituents is 1. The molecule has 1 aliphatic rings. The maximum Gasteiger partial charge on any atom is 0.271 e. The van der Waals surface area contributed by atoms with Crippen LogP contribution in [0, 0.1) is 10.1 Å². The lowest BCUT2D eigenvalue weighted by molar-refractivity contribution is -0.384. The van der Waals surface area contributed by atoms with Crippen molar-refractivity contribution in [1.82, 2.24) is 5.43 Å². The number of hydrogen-bond donors (Lipinski definition) is 1. The predicted octanol–water partition coefficient (Wildman–Crippen LogP) is 4.23. The van der Waals surface area contributed by atoms with Gasteiger partial charge in [0.1, 0.15) is 0 Å². The van der Waals surface area contributed by atoms with Crippen molar-refractivity contribution in [3.05, 3.63) is 52.1 Å². The lowest BCUT2D eigenvalue weighted by Crippen LogP contribution is -2.20. The van der Waals surface area contributed by atoms with E-state index in [2.05, 4.69) is 22.7 Å². The molecule has 134 valence electrons. The summed E-state index contributed by atoms with van der Waals surface area (Å²) in [5.41, 5.74) is 2.78. The summed E-state index contributed by atoms with van der Waals surface area (Å²) in [5.74, 6) is 1.91. The summed E-state index contributed by atoms with van der Waals surface area (Å²) in [4.78, 5) is 22.1. The average Bonchev–Trinajstić information content (AvgIpc) is 3.08. The van der Waals surface area contributed by atoms with Crippen LogP contribution in [0.3, 0.4) is 0 Å². The summed E-state index contributed by atoms with van der Waals surface area (Å²) in [6.45, 7) is 2.02. The maximum absolute atomic E-state index is 12.0. The molecule has 0 radical (unpaired) electrons. The van der Waals surface area contributed by atoms with Crippen LogP contribution in [0.5, 0.6) is 0 Å². The fourth-order valence-electron chi connectivity index (χ4n) is 2.42. The van der Waals surface area contributed by atoms with Crippen molar-refractivity contribution in [1.29, 1.82) is 0 Å². The number of amides is 1. The van der Waals surface area contributed by atoms with Crippen molar-refractivity contribution in [2.75, 3.05) is 11.5 Å². The number of allylic oxidation sites excluding steroid dienone is 2. The minimum atomic E-state index is -0.496. The molecule has 25 heavy (non-hydrogen) atoms. The Kier molecular flexibility index (Phi) is 7.52. The first-order chi connectivity index (χ1) is 12.1. The lowest BCUT2D eigenvalue weighted by atomic mass is 10.2. The molecule has 0 bridgehead atoms. The number of thioether (sulfide) groups is 2. The van der Waals surface area contributed by atoms with Crippen LogP contribution in [0.15, 0.2) is 41.5 Å². The van der Waals surface area contributed by atoms with Gasteiger partial charge in [-0.2, -0.15) is 5.10 Å². The molecule has 1 saturated heterocycles. The fraction of sp³-hybridized carbons (Fsp3) is 0.412. The molecule has 0 aliphatic carbocycles. The summed E-state index contributed by atoms with van der Waals surface area (Å²) >= 11 is 3.92. The van der Waals surface area contributed by atoms with Crippen LogP contribution in [0.2, 0.25) is 0 Å². The topological polar surface area (TPSA) is 84.6 Å². The number of nitro groups is 1. The highest BCUT2D eigenvalue weighted by atomic mass is 32.2. The number of hydrogen-bond acceptors (Lipinski definition) is 6. The monoisotopic (exact) mass is 379 g/mol. The Bertz CT molecular complexity index is 654. The van der Waals surface area contributed by atoms with E-state index in [1.807, 2.05) is 30.4 Å². The van der Waals surface area contributed by atoms with Gasteiger partial charge < -0.3 is 0 Å². The number of carbonyl (C=O) groups is 1. The molecule has 1 aromatic rings. The Labute approximate surface area is 155 Å². The molecule has 1 amide bonds. The molecular weight excluding hydrogens is 358 g/mol. The Balaban J connectivity index is 1.86. The first-order valence-electron chi connectivity index (χ1n) is 8.02. The van der Waals surface area contributed by atoms with Crippen molar-refractivity contribution in [3.63, 3.8) is 0 Å². The van der Waals surface area contributed by atoms with E-state index < -0.39 is 4.92 Å². The van der Waals surface area contributed by atoms with Gasteiger partial charge in [-0.3, -0.25) is 14.9 Å². The number of nitrogens with one attached hydrogen (secondary N) is 1. The van der Waals surface area contributed by atoms with Crippen LogP contribution < -0.4 is 5.43 Å². The van der Waals surface area contributed by atoms with Gasteiger partial charge >= 0.3 is 0 Å². The number of benzene rings is 1. The van der Waals surface area contributed by atoms with Crippen molar-refractivity contribution < 1.29 is 9.72 Å². The number of hydrazone groups is 1. The standard InChI is InChI=1S/C17H21N3O3S2/c1-2-3-4-9-17(24-12-13-25-17)10-11-18-19-16(21)14-5-7-15(8-6-14)20(22)23/h2-3,5-8,11H,4,9-10,12-13H2,1H3,(H,19,21)/b3-2+,18-11+. The Morgan fingerprint density at radius 1 is 1.36 bits per heavy atom. The zero-order valence-electron chi connectivity index (χ0n) is 14.0. The van der Waals surface area contributed by atoms with E-state index in [0.717, 1.165) is 30.8 Å². The van der Waals surface area contributed by atoms with E-state index >= 15 is 0 Å². The van der Waals surface area contributed by atoms with Crippen LogP contribution in [-0.4, -0.2) is 32.6 Å². The van der Waals surface area contributed by atoms with E-state index in [-0.39, 0.29) is 15.7 Å². The van der Waals surface area contributed by atoms with Gasteiger partial charge in [-0.1, -0.05) is 12.2 Å². The molecule has 1 aromatic carbocycles. The summed E-state index contributed by atoms with van der Waals surface area (Å²) in [6, 6.07) is 5.45. The number of nitrogens with zero attached hydrogens (tertiary/aromatic N) is 2. The van der Waals surface area contributed by atoms with Crippen molar-refractivity contribution in [3.8, 4) is 0 Å². The highest BCUT2D eigenvalue weighted by Crippen LogP contribution is 2.49. The second kappa shape index (κ2) is 9.62. The summed E-state index contributed by atoms with van der Waals surface area (Å²) in [6.07, 6.45) is 8.91. The lowest BCUT2D eigenvalue weighted by Gasteiger charge is -2.24. The fourth-order valence-corrected chi connectivity index (χ4v) is 5.57. The normalized spacial score (nSPS) is 16.5. The molecule has 1 heterocycles. The molecule has 0 saturated carbocycles. The number of carbonyl (C=O) groups excluding carboxylic acids is 1. The van der Waals surface area contributed by atoms with E-state index in [1.54, 1.807) is 6.21 Å². The molecule has 0 atom stereocenters. The van der Waals surface area contributed by atoms with Crippen molar-refractivity contribution in [2.45, 2.75) is 30.3 Å². The van der Waals surface area contributed by atoms with E-state index in [1.165, 1.54) is 24.3 Å². The number of nitro benzene ring substituents is 1. The third-order valence-corrected chi connectivity index (χ3v) is 7.32. The van der Waals surface area contributed by atoms with Gasteiger partial charge in [0.2, 0.25) is 0 Å². The second-order valence-corrected chi connectivity index (χ2v) is 8.69. The zero-order valence-corrected chi connectivity index (χ0v) is 15.6. The molecule has 8 heteroatoms. The van der Waals surface area contributed by atoms with Crippen molar-refractivity contribution >= 4 is 41.3 Å². The van der Waals surface area contributed by atoms with Gasteiger partial charge in [-0.05, 0) is 31.9 Å². The first kappa shape index (κ1) is 19.5. The highest BCUT2D eigenvalue weighted by molar-refractivity contribution is 8.21. The van der Waals surface area contributed by atoms with Gasteiger partial charge in [0.05, 0.1) is 9.00 Å². The number of rotatable bonds is 8. The molecular formula is C17H21N3O3S2. The molecule has 1 aliphatic heterocycles. The van der Waals surface area contributed by atoms with Crippen LogP contribution in [0.4, 0.5) is 5.69 Å². The van der Waals surface area contributed by atoms with Gasteiger partial charge in [-0.15, -0.1) is 23.5 Å². The summed E-state index contributed by atoms with van der Waals surface area (Å²) in [5, 5.41) is 14.7. The SMILES string of the molecule is C/C=C/CCC1(C/C=N/NC(=O)c2ccc([N+](=O)[O-])cc2)SCCS1. The third-order valence-electron chi connectivity index (χ3n) is 3.74. The largest absolute Gasteiger partial charge is 0.271 e. The van der Waals surface area contributed by atoms with Gasteiger partial charge in [0.15, 0.2) is 0 Å². The van der Waals surface area contributed by atoms with Crippen LogP contribution in [0.25, 0.3) is 0 Å². The van der Waals surface area contributed by atoms with Gasteiger partial charge in [-0.25, -0.2) is 5.43 Å². The van der Waals surface area contributed by atoms with Crippen LogP contribution >= 0.6 is 23.5 Å². The highest BCUT2D eigenvalue weighted by Gasteiger charge is 2.33. The van der Waals surface area contributed by atoms with E-state index in [4.69, 9.17) is 0 Å². The molecule has 6 nitrogen and oxygen atoms in total. The van der Waals surface area contributed by atoms with Crippen molar-refractivity contribution in [2.24, 2.45) is 5.10 Å². The Morgan fingerprint density at radius 2 is 2.04 bits per heavy atom. The minimum Gasteiger partial charge on any atom is -0.267 e. The van der Waals surface area contributed by atoms with E-state index in [9.17, 15) is 14.9 Å². The van der Waals surface area contributed by atoms with Crippen LogP contribution in [0.1, 0.15) is 36.5 Å². The summed E-state index contributed by atoms with van der Waals surface area (Å²) in [7, 11) is 0.